The summed E-state index contributed by atoms with van der Waals surface area (Å²) in [4.78, 5) is 15.1. The first kappa shape index (κ1) is 14.2. The molecule has 5 nitrogen and oxygen atoms in total. The van der Waals surface area contributed by atoms with Gasteiger partial charge in [0.2, 0.25) is 11.8 Å². The maximum atomic E-state index is 9.04. The quantitative estimate of drug-likeness (QED) is 0.853. The van der Waals surface area contributed by atoms with Crippen molar-refractivity contribution in [2.75, 3.05) is 4.90 Å². The van der Waals surface area contributed by atoms with E-state index < -0.39 is 0 Å². The molecule has 2 aliphatic rings. The lowest BCUT2D eigenvalue weighted by atomic mass is 9.89. The Morgan fingerprint density at radius 1 is 0.905 bits per heavy atom. The van der Waals surface area contributed by atoms with Gasteiger partial charge in [-0.05, 0) is 25.7 Å². The molecule has 2 saturated carbocycles. The first-order valence-corrected chi connectivity index (χ1v) is 8.26. The van der Waals surface area contributed by atoms with Crippen LogP contribution in [0.15, 0.2) is 6.33 Å². The van der Waals surface area contributed by atoms with Gasteiger partial charge in [0.15, 0.2) is 0 Å². The summed E-state index contributed by atoms with van der Waals surface area (Å²) in [6, 6.07) is 3.11. The fourth-order valence-electron chi connectivity index (χ4n) is 3.81. The van der Waals surface area contributed by atoms with Gasteiger partial charge in [-0.1, -0.05) is 38.5 Å². The third-order valence-corrected chi connectivity index (χ3v) is 4.83. The van der Waals surface area contributed by atoms with E-state index in [1.54, 1.807) is 0 Å². The number of nitriles is 1. The number of nitrogens with zero attached hydrogens (tertiary/aromatic N) is 5. The van der Waals surface area contributed by atoms with Crippen molar-refractivity contribution < 1.29 is 0 Å². The van der Waals surface area contributed by atoms with Crippen LogP contribution >= 0.6 is 0 Å². The lowest BCUT2D eigenvalue weighted by Gasteiger charge is -2.41. The second kappa shape index (κ2) is 6.84. The Morgan fingerprint density at radius 3 is 2.00 bits per heavy atom. The van der Waals surface area contributed by atoms with Crippen molar-refractivity contribution in [1.29, 1.82) is 5.26 Å². The molecule has 0 spiro atoms. The van der Waals surface area contributed by atoms with E-state index in [-0.39, 0.29) is 5.82 Å². The number of rotatable bonds is 3. The zero-order chi connectivity index (χ0) is 14.5. The molecule has 0 atom stereocenters. The Hall–Kier alpha value is -1.70. The maximum absolute atomic E-state index is 9.04. The van der Waals surface area contributed by atoms with Gasteiger partial charge in [-0.25, -0.2) is 9.97 Å². The maximum Gasteiger partial charge on any atom is 0.236 e. The third-order valence-electron chi connectivity index (χ3n) is 4.83. The SMILES string of the molecule is N#Cc1ncnc(N(C2CCCCC2)C2CCCCC2)n1. The van der Waals surface area contributed by atoms with Crippen molar-refractivity contribution in [2.45, 2.75) is 76.3 Å². The largest absolute Gasteiger partial charge is 0.335 e. The van der Waals surface area contributed by atoms with Crippen LogP contribution in [0.5, 0.6) is 0 Å². The highest BCUT2D eigenvalue weighted by molar-refractivity contribution is 5.35. The van der Waals surface area contributed by atoms with Crippen molar-refractivity contribution in [3.05, 3.63) is 12.2 Å². The Morgan fingerprint density at radius 2 is 1.48 bits per heavy atom. The second-order valence-electron chi connectivity index (χ2n) is 6.21. The topological polar surface area (TPSA) is 65.7 Å². The summed E-state index contributed by atoms with van der Waals surface area (Å²) < 4.78 is 0. The Labute approximate surface area is 126 Å². The Kier molecular flexibility index (Phi) is 4.64. The molecule has 2 aliphatic carbocycles. The monoisotopic (exact) mass is 285 g/mol. The predicted molar refractivity (Wildman–Crippen MR) is 80.8 cm³/mol. The van der Waals surface area contributed by atoms with Crippen molar-refractivity contribution in [1.82, 2.24) is 15.0 Å². The number of anilines is 1. The molecule has 0 amide bonds. The molecule has 1 heterocycles. The summed E-state index contributed by atoms with van der Waals surface area (Å²) in [7, 11) is 0. The van der Waals surface area contributed by atoms with Crippen LogP contribution in [0.1, 0.15) is 70.0 Å². The lowest BCUT2D eigenvalue weighted by Crippen LogP contribution is -2.46. The molecule has 5 heteroatoms. The van der Waals surface area contributed by atoms with Gasteiger partial charge in [0, 0.05) is 12.1 Å². The highest BCUT2D eigenvalue weighted by atomic mass is 15.3. The fourth-order valence-corrected chi connectivity index (χ4v) is 3.81. The molecule has 0 aliphatic heterocycles. The van der Waals surface area contributed by atoms with Crippen LogP contribution in [-0.4, -0.2) is 27.0 Å². The first-order valence-electron chi connectivity index (χ1n) is 8.26. The van der Waals surface area contributed by atoms with E-state index in [1.165, 1.54) is 70.5 Å². The van der Waals surface area contributed by atoms with Crippen LogP contribution in [0, 0.1) is 11.3 Å². The third kappa shape index (κ3) is 3.31. The first-order chi connectivity index (χ1) is 10.4. The van der Waals surface area contributed by atoms with Gasteiger partial charge in [-0.15, -0.1) is 0 Å². The van der Waals surface area contributed by atoms with E-state index in [4.69, 9.17) is 5.26 Å². The smallest absolute Gasteiger partial charge is 0.236 e. The molecule has 3 rings (SSSR count). The van der Waals surface area contributed by atoms with Crippen molar-refractivity contribution in [3.8, 4) is 6.07 Å². The van der Waals surface area contributed by atoms with Gasteiger partial charge < -0.3 is 4.90 Å². The van der Waals surface area contributed by atoms with Crippen molar-refractivity contribution >= 4 is 5.95 Å². The van der Waals surface area contributed by atoms with Gasteiger partial charge in [0.05, 0.1) is 0 Å². The van der Waals surface area contributed by atoms with Gasteiger partial charge in [-0.3, -0.25) is 0 Å². The van der Waals surface area contributed by atoms with E-state index >= 15 is 0 Å². The highest BCUT2D eigenvalue weighted by Gasteiger charge is 2.30. The molecule has 0 N–H and O–H groups in total. The van der Waals surface area contributed by atoms with Gasteiger partial charge >= 0.3 is 0 Å². The fraction of sp³-hybridized carbons (Fsp3) is 0.750. The number of hydrogen-bond donors (Lipinski definition) is 0. The minimum absolute atomic E-state index is 0.233. The molecule has 0 aromatic carbocycles. The molecule has 0 saturated heterocycles. The number of aromatic nitrogens is 3. The highest BCUT2D eigenvalue weighted by Crippen LogP contribution is 2.32. The predicted octanol–water partition coefficient (Wildman–Crippen LogP) is 3.22. The van der Waals surface area contributed by atoms with E-state index in [9.17, 15) is 0 Å². The van der Waals surface area contributed by atoms with Crippen LogP contribution in [0.3, 0.4) is 0 Å². The normalized spacial score (nSPS) is 20.9. The zero-order valence-electron chi connectivity index (χ0n) is 12.5. The summed E-state index contributed by atoms with van der Waals surface area (Å²) >= 11 is 0. The van der Waals surface area contributed by atoms with Crippen LogP contribution < -0.4 is 4.90 Å². The minimum atomic E-state index is 0.233. The average Bonchev–Trinajstić information content (AvgIpc) is 2.57. The van der Waals surface area contributed by atoms with Crippen LogP contribution in [0.2, 0.25) is 0 Å². The summed E-state index contributed by atoms with van der Waals surface area (Å²) in [6.45, 7) is 0. The molecular formula is C16H23N5. The van der Waals surface area contributed by atoms with E-state index in [0.717, 1.165) is 5.95 Å². The zero-order valence-corrected chi connectivity index (χ0v) is 12.5. The second-order valence-corrected chi connectivity index (χ2v) is 6.21. The summed E-state index contributed by atoms with van der Waals surface area (Å²) in [5.74, 6) is 0.956. The summed E-state index contributed by atoms with van der Waals surface area (Å²) in [5.41, 5.74) is 0. The summed E-state index contributed by atoms with van der Waals surface area (Å²) in [6.07, 6.45) is 14.3. The molecule has 0 bridgehead atoms. The van der Waals surface area contributed by atoms with E-state index in [0.29, 0.717) is 12.1 Å². The van der Waals surface area contributed by atoms with Crippen LogP contribution in [-0.2, 0) is 0 Å². The van der Waals surface area contributed by atoms with Gasteiger partial charge in [0.1, 0.15) is 12.4 Å². The molecule has 112 valence electrons. The van der Waals surface area contributed by atoms with E-state index in [1.807, 2.05) is 6.07 Å². The van der Waals surface area contributed by atoms with Crippen molar-refractivity contribution in [2.24, 2.45) is 0 Å². The van der Waals surface area contributed by atoms with Crippen LogP contribution in [0.4, 0.5) is 5.95 Å². The molecule has 1 aromatic rings. The van der Waals surface area contributed by atoms with Gasteiger partial charge in [0.25, 0.3) is 0 Å². The lowest BCUT2D eigenvalue weighted by molar-refractivity contribution is 0.335. The van der Waals surface area contributed by atoms with Gasteiger partial charge in [-0.2, -0.15) is 10.2 Å². The molecule has 1 aromatic heterocycles. The number of hydrogen-bond acceptors (Lipinski definition) is 5. The summed E-state index contributed by atoms with van der Waals surface area (Å²) in [5, 5.41) is 9.04. The van der Waals surface area contributed by atoms with Crippen LogP contribution in [0.25, 0.3) is 0 Å². The Balaban J connectivity index is 1.88. The Bertz CT molecular complexity index is 480. The minimum Gasteiger partial charge on any atom is -0.335 e. The standard InChI is InChI=1S/C16H23N5/c17-11-15-18-12-19-16(20-15)21(13-7-3-1-4-8-13)14-9-5-2-6-10-14/h12-14H,1-10H2. The molecular weight excluding hydrogens is 262 g/mol. The molecule has 0 unspecified atom stereocenters. The van der Waals surface area contributed by atoms with Crippen molar-refractivity contribution in [3.63, 3.8) is 0 Å². The molecule has 2 fully saturated rings. The molecule has 0 radical (unpaired) electrons. The molecule has 21 heavy (non-hydrogen) atoms. The average molecular weight is 285 g/mol. The van der Waals surface area contributed by atoms with E-state index in [2.05, 4.69) is 19.9 Å².